The van der Waals surface area contributed by atoms with Crippen molar-refractivity contribution in [3.63, 3.8) is 0 Å². The normalized spacial score (nSPS) is 11.0. The summed E-state index contributed by atoms with van der Waals surface area (Å²) in [6.07, 6.45) is 7.64. The molecule has 0 saturated carbocycles. The first-order valence-corrected chi connectivity index (χ1v) is 10.5. The van der Waals surface area contributed by atoms with Crippen LogP contribution in [0.5, 0.6) is 0 Å². The number of fused-ring (bicyclic) bond motifs is 1. The quantitative estimate of drug-likeness (QED) is 0.451. The van der Waals surface area contributed by atoms with Gasteiger partial charge in [-0.2, -0.15) is 5.10 Å². The molecule has 0 aliphatic carbocycles. The maximum Gasteiger partial charge on any atom is 0.272 e. The van der Waals surface area contributed by atoms with Crippen molar-refractivity contribution < 1.29 is 4.79 Å². The highest BCUT2D eigenvalue weighted by atomic mass is 16.1. The van der Waals surface area contributed by atoms with Gasteiger partial charge in [0.2, 0.25) is 0 Å². The Balaban J connectivity index is 1.47. The number of benzene rings is 2. The van der Waals surface area contributed by atoms with Gasteiger partial charge in [0.05, 0.1) is 23.6 Å². The number of carbonyl (C=O) groups is 1. The first-order chi connectivity index (χ1) is 15.7. The van der Waals surface area contributed by atoms with Crippen molar-refractivity contribution in [3.05, 3.63) is 102 Å². The summed E-state index contributed by atoms with van der Waals surface area (Å²) in [5.41, 5.74) is 5.06. The molecule has 7 nitrogen and oxygen atoms in total. The van der Waals surface area contributed by atoms with Crippen molar-refractivity contribution in [3.8, 4) is 17.2 Å². The summed E-state index contributed by atoms with van der Waals surface area (Å²) in [7, 11) is 0. The Morgan fingerprint density at radius 2 is 1.81 bits per heavy atom. The van der Waals surface area contributed by atoms with Crippen LogP contribution in [0.3, 0.4) is 0 Å². The van der Waals surface area contributed by atoms with E-state index >= 15 is 0 Å². The third-order valence-corrected chi connectivity index (χ3v) is 5.35. The number of rotatable bonds is 6. The highest BCUT2D eigenvalue weighted by molar-refractivity contribution is 5.99. The number of hydrogen-bond donors (Lipinski definition) is 1. The number of hydrogen-bond acceptors (Lipinski definition) is 4. The lowest BCUT2D eigenvalue weighted by Crippen LogP contribution is -2.26. The van der Waals surface area contributed by atoms with Crippen molar-refractivity contribution in [1.29, 1.82) is 0 Å². The number of aromatic nitrogens is 5. The second-order valence-corrected chi connectivity index (χ2v) is 7.57. The molecular formula is C25H22N6O. The van der Waals surface area contributed by atoms with E-state index in [0.717, 1.165) is 17.8 Å². The number of nitrogens with zero attached hydrogens (tertiary/aromatic N) is 5. The predicted octanol–water partition coefficient (Wildman–Crippen LogP) is 3.86. The Labute approximate surface area is 185 Å². The Morgan fingerprint density at radius 1 is 1.00 bits per heavy atom. The molecule has 5 rings (SSSR count). The van der Waals surface area contributed by atoms with Crippen molar-refractivity contribution in [2.75, 3.05) is 6.54 Å². The molecule has 1 amide bonds. The maximum absolute atomic E-state index is 13.0. The fourth-order valence-electron chi connectivity index (χ4n) is 3.70. The molecular weight excluding hydrogens is 400 g/mol. The lowest BCUT2D eigenvalue weighted by molar-refractivity contribution is 0.0951. The monoisotopic (exact) mass is 422 g/mol. The van der Waals surface area contributed by atoms with Crippen LogP contribution in [0.15, 0.2) is 85.5 Å². The van der Waals surface area contributed by atoms with Gasteiger partial charge in [-0.15, -0.1) is 0 Å². The minimum atomic E-state index is -0.223. The van der Waals surface area contributed by atoms with Gasteiger partial charge in [0.1, 0.15) is 5.69 Å². The lowest BCUT2D eigenvalue weighted by Gasteiger charge is -2.07. The molecule has 0 aliphatic rings. The summed E-state index contributed by atoms with van der Waals surface area (Å²) < 4.78 is 3.70. The zero-order valence-electron chi connectivity index (χ0n) is 17.6. The average Bonchev–Trinajstić information content (AvgIpc) is 3.45. The van der Waals surface area contributed by atoms with E-state index in [9.17, 15) is 4.79 Å². The highest BCUT2D eigenvalue weighted by Crippen LogP contribution is 2.24. The molecule has 158 valence electrons. The summed E-state index contributed by atoms with van der Waals surface area (Å²) in [6, 6.07) is 20.1. The summed E-state index contributed by atoms with van der Waals surface area (Å²) in [5, 5.41) is 7.47. The zero-order valence-corrected chi connectivity index (χ0v) is 17.6. The van der Waals surface area contributed by atoms with Crippen LogP contribution < -0.4 is 5.32 Å². The van der Waals surface area contributed by atoms with Gasteiger partial charge in [0.25, 0.3) is 5.91 Å². The second kappa shape index (κ2) is 8.47. The molecule has 0 unspecified atom stereocenters. The SMILES string of the molecule is Cc1ccc(-n2nccc2-c2nc(C(=O)NCCc3ccccc3)c3cnccn23)cc1. The molecule has 0 bridgehead atoms. The summed E-state index contributed by atoms with van der Waals surface area (Å²) in [4.78, 5) is 21.9. The van der Waals surface area contributed by atoms with Gasteiger partial charge in [-0.3, -0.25) is 14.2 Å². The third-order valence-electron chi connectivity index (χ3n) is 5.35. The highest BCUT2D eigenvalue weighted by Gasteiger charge is 2.21. The van der Waals surface area contributed by atoms with Gasteiger partial charge in [0.15, 0.2) is 11.5 Å². The van der Waals surface area contributed by atoms with Crippen LogP contribution in [0, 0.1) is 6.92 Å². The number of aryl methyl sites for hydroxylation is 1. The summed E-state index contributed by atoms with van der Waals surface area (Å²) in [6.45, 7) is 2.57. The molecule has 0 fully saturated rings. The van der Waals surface area contributed by atoms with E-state index in [1.54, 1.807) is 18.6 Å². The van der Waals surface area contributed by atoms with Crippen molar-refractivity contribution in [1.82, 2.24) is 29.5 Å². The largest absolute Gasteiger partial charge is 0.350 e. The van der Waals surface area contributed by atoms with Gasteiger partial charge in [-0.25, -0.2) is 9.67 Å². The first-order valence-electron chi connectivity index (χ1n) is 10.5. The number of carbonyl (C=O) groups excluding carboxylic acids is 1. The summed E-state index contributed by atoms with van der Waals surface area (Å²) >= 11 is 0. The van der Waals surface area contributed by atoms with Gasteiger partial charge < -0.3 is 5.32 Å². The van der Waals surface area contributed by atoms with E-state index in [4.69, 9.17) is 4.98 Å². The number of nitrogens with one attached hydrogen (secondary N) is 1. The van der Waals surface area contributed by atoms with Crippen LogP contribution in [0.2, 0.25) is 0 Å². The molecule has 0 aliphatic heterocycles. The molecule has 2 aromatic carbocycles. The minimum absolute atomic E-state index is 0.223. The molecule has 3 heterocycles. The molecule has 0 spiro atoms. The number of imidazole rings is 1. The van der Waals surface area contributed by atoms with Gasteiger partial charge in [0, 0.05) is 18.9 Å². The molecule has 7 heteroatoms. The van der Waals surface area contributed by atoms with E-state index < -0.39 is 0 Å². The Bertz CT molecular complexity index is 1370. The smallest absolute Gasteiger partial charge is 0.272 e. The molecule has 0 radical (unpaired) electrons. The lowest BCUT2D eigenvalue weighted by atomic mass is 10.1. The average molecular weight is 422 g/mol. The Hall–Kier alpha value is -4.26. The fourth-order valence-corrected chi connectivity index (χ4v) is 3.70. The first kappa shape index (κ1) is 19.7. The summed E-state index contributed by atoms with van der Waals surface area (Å²) in [5.74, 6) is 0.410. The minimum Gasteiger partial charge on any atom is -0.350 e. The van der Waals surface area contributed by atoms with E-state index in [-0.39, 0.29) is 5.91 Å². The molecule has 5 aromatic rings. The zero-order chi connectivity index (χ0) is 21.9. The van der Waals surface area contributed by atoms with Crippen LogP contribution in [-0.2, 0) is 6.42 Å². The Morgan fingerprint density at radius 3 is 2.62 bits per heavy atom. The van der Waals surface area contributed by atoms with E-state index in [1.807, 2.05) is 82.9 Å². The third kappa shape index (κ3) is 3.76. The van der Waals surface area contributed by atoms with Gasteiger partial charge in [-0.1, -0.05) is 48.0 Å². The second-order valence-electron chi connectivity index (χ2n) is 7.57. The van der Waals surface area contributed by atoms with Crippen LogP contribution in [0.4, 0.5) is 0 Å². The van der Waals surface area contributed by atoms with Gasteiger partial charge >= 0.3 is 0 Å². The molecule has 1 N–H and O–H groups in total. The van der Waals surface area contributed by atoms with Crippen LogP contribution in [0.25, 0.3) is 22.7 Å². The van der Waals surface area contributed by atoms with Crippen LogP contribution in [-0.4, -0.2) is 36.6 Å². The number of amides is 1. The van der Waals surface area contributed by atoms with Crippen molar-refractivity contribution >= 4 is 11.4 Å². The van der Waals surface area contributed by atoms with E-state index in [0.29, 0.717) is 23.6 Å². The van der Waals surface area contributed by atoms with Crippen LogP contribution in [0.1, 0.15) is 21.6 Å². The van der Waals surface area contributed by atoms with E-state index in [1.165, 1.54) is 11.1 Å². The molecule has 0 saturated heterocycles. The topological polar surface area (TPSA) is 77.1 Å². The maximum atomic E-state index is 13.0. The van der Waals surface area contributed by atoms with Gasteiger partial charge in [-0.05, 0) is 37.1 Å². The molecule has 32 heavy (non-hydrogen) atoms. The van der Waals surface area contributed by atoms with Crippen molar-refractivity contribution in [2.45, 2.75) is 13.3 Å². The predicted molar refractivity (Wildman–Crippen MR) is 123 cm³/mol. The standard InChI is InChI=1S/C25H22N6O/c1-18-7-9-20(10-8-18)31-21(12-14-28-31)24-29-23(22-17-26-15-16-30(22)24)25(32)27-13-11-19-5-3-2-4-6-19/h2-10,12,14-17H,11,13H2,1H3,(H,27,32). The van der Waals surface area contributed by atoms with Crippen molar-refractivity contribution in [2.24, 2.45) is 0 Å². The fraction of sp³-hybridized carbons (Fsp3) is 0.120. The molecule has 3 aromatic heterocycles. The van der Waals surface area contributed by atoms with E-state index in [2.05, 4.69) is 15.4 Å². The Kier molecular flexibility index (Phi) is 5.21. The molecule has 0 atom stereocenters. The van der Waals surface area contributed by atoms with Crippen LogP contribution >= 0.6 is 0 Å².